The number of fused-ring (bicyclic) bond motifs is 1. The predicted octanol–water partition coefficient (Wildman–Crippen LogP) is 2.62. The van der Waals surface area contributed by atoms with Crippen molar-refractivity contribution in [3.05, 3.63) is 42.2 Å². The highest BCUT2D eigenvalue weighted by Gasteiger charge is 2.66. The Hall–Kier alpha value is -2.47. The van der Waals surface area contributed by atoms with Gasteiger partial charge in [0.15, 0.2) is 0 Å². The molecule has 1 aromatic heterocycles. The predicted molar refractivity (Wildman–Crippen MR) is 93.4 cm³/mol. The summed E-state index contributed by atoms with van der Waals surface area (Å²) in [4.78, 5) is 29.0. The van der Waals surface area contributed by atoms with Gasteiger partial charge in [0, 0.05) is 30.0 Å². The first kappa shape index (κ1) is 17.4. The van der Waals surface area contributed by atoms with E-state index in [4.69, 9.17) is 4.74 Å². The zero-order valence-corrected chi connectivity index (χ0v) is 14.6. The highest BCUT2D eigenvalue weighted by Crippen LogP contribution is 2.51. The van der Waals surface area contributed by atoms with Gasteiger partial charge < -0.3 is 15.2 Å². The zero-order valence-electron chi connectivity index (χ0n) is 14.6. The van der Waals surface area contributed by atoms with E-state index in [1.54, 1.807) is 12.3 Å². The number of benzene rings is 1. The molecule has 0 unspecified atom stereocenters. The Kier molecular flexibility index (Phi) is 4.24. The number of hydrogen-bond acceptors (Lipinski definition) is 4. The summed E-state index contributed by atoms with van der Waals surface area (Å²) in [5.74, 6) is -1.54. The lowest BCUT2D eigenvalue weighted by Gasteiger charge is -2.58. The summed E-state index contributed by atoms with van der Waals surface area (Å²) < 4.78 is 5.63. The van der Waals surface area contributed by atoms with Crippen molar-refractivity contribution in [2.45, 2.75) is 38.8 Å². The molecule has 6 nitrogen and oxygen atoms in total. The molecular formula is C19H22N2O4. The fourth-order valence-corrected chi connectivity index (χ4v) is 3.59. The molecule has 0 spiro atoms. The second-order valence-corrected chi connectivity index (χ2v) is 6.92. The fraction of sp³-hybridized carbons (Fsp3) is 0.421. The molecule has 25 heavy (non-hydrogen) atoms. The summed E-state index contributed by atoms with van der Waals surface area (Å²) in [7, 11) is 0. The number of aliphatic carboxylic acids is 1. The van der Waals surface area contributed by atoms with E-state index >= 15 is 0 Å². The van der Waals surface area contributed by atoms with Crippen LogP contribution in [0.5, 0.6) is 0 Å². The first-order valence-electron chi connectivity index (χ1n) is 8.34. The number of carbonyl (C=O) groups is 2. The van der Waals surface area contributed by atoms with Gasteiger partial charge in [-0.15, -0.1) is 0 Å². The van der Waals surface area contributed by atoms with Gasteiger partial charge in [-0.05, 0) is 18.4 Å². The lowest BCUT2D eigenvalue weighted by atomic mass is 9.54. The lowest BCUT2D eigenvalue weighted by Crippen LogP contribution is -2.76. The molecule has 1 fully saturated rings. The molecular weight excluding hydrogens is 320 g/mol. The quantitative estimate of drug-likeness (QED) is 0.872. The molecule has 1 aromatic carbocycles. The SMILES string of the molecule is CCO[C@@H]1C[C@](NC(=O)c2nccc3ccccc23)(C(=O)O)C1(C)C. The van der Waals surface area contributed by atoms with Crippen molar-refractivity contribution in [1.82, 2.24) is 10.3 Å². The Labute approximate surface area is 146 Å². The molecule has 1 amide bonds. The van der Waals surface area contributed by atoms with Crippen LogP contribution in [-0.2, 0) is 9.53 Å². The number of carboxylic acid groups (broad SMARTS) is 1. The number of pyridine rings is 1. The minimum absolute atomic E-state index is 0.214. The van der Waals surface area contributed by atoms with Gasteiger partial charge >= 0.3 is 5.97 Å². The smallest absolute Gasteiger partial charge is 0.330 e. The molecule has 0 bridgehead atoms. The largest absolute Gasteiger partial charge is 0.479 e. The Morgan fingerprint density at radius 2 is 2.04 bits per heavy atom. The van der Waals surface area contributed by atoms with E-state index in [0.717, 1.165) is 5.39 Å². The maximum absolute atomic E-state index is 12.8. The normalized spacial score (nSPS) is 24.5. The number of carbonyl (C=O) groups excluding carboxylic acids is 1. The van der Waals surface area contributed by atoms with Gasteiger partial charge in [0.25, 0.3) is 5.91 Å². The summed E-state index contributed by atoms with van der Waals surface area (Å²) in [6, 6.07) is 9.22. The average molecular weight is 342 g/mol. The third-order valence-corrected chi connectivity index (χ3v) is 5.35. The van der Waals surface area contributed by atoms with Crippen LogP contribution >= 0.6 is 0 Å². The number of nitrogens with one attached hydrogen (secondary N) is 1. The summed E-state index contributed by atoms with van der Waals surface area (Å²) in [5, 5.41) is 14.1. The van der Waals surface area contributed by atoms with E-state index in [9.17, 15) is 14.7 Å². The second-order valence-electron chi connectivity index (χ2n) is 6.92. The van der Waals surface area contributed by atoms with Crippen LogP contribution in [0.25, 0.3) is 10.8 Å². The molecule has 1 aliphatic carbocycles. The topological polar surface area (TPSA) is 88.5 Å². The van der Waals surface area contributed by atoms with Crippen LogP contribution in [0.15, 0.2) is 36.5 Å². The molecule has 1 saturated carbocycles. The third-order valence-electron chi connectivity index (χ3n) is 5.35. The first-order valence-corrected chi connectivity index (χ1v) is 8.34. The number of rotatable bonds is 5. The monoisotopic (exact) mass is 342 g/mol. The molecule has 132 valence electrons. The summed E-state index contributed by atoms with van der Waals surface area (Å²) in [6.07, 6.45) is 1.58. The highest BCUT2D eigenvalue weighted by molar-refractivity contribution is 6.07. The number of carboxylic acids is 1. The van der Waals surface area contributed by atoms with Gasteiger partial charge in [0.05, 0.1) is 6.10 Å². The zero-order chi connectivity index (χ0) is 18.2. The van der Waals surface area contributed by atoms with Gasteiger partial charge in [-0.2, -0.15) is 0 Å². The molecule has 1 aliphatic rings. The van der Waals surface area contributed by atoms with Crippen LogP contribution in [0.3, 0.4) is 0 Å². The standard InChI is InChI=1S/C19H22N2O4/c1-4-25-14-11-19(17(23)24,18(14,2)3)21-16(22)15-13-8-6-5-7-12(13)9-10-20-15/h5-10,14H,4,11H2,1-3H3,(H,21,22)(H,23,24)/t14-,19+/m1/s1. The van der Waals surface area contributed by atoms with E-state index in [1.165, 1.54) is 0 Å². The van der Waals surface area contributed by atoms with Crippen LogP contribution in [0.4, 0.5) is 0 Å². The summed E-state index contributed by atoms with van der Waals surface area (Å²) in [6.45, 7) is 5.99. The van der Waals surface area contributed by atoms with E-state index in [0.29, 0.717) is 12.0 Å². The minimum atomic E-state index is -1.37. The fourth-order valence-electron chi connectivity index (χ4n) is 3.59. The van der Waals surface area contributed by atoms with Gasteiger partial charge in [-0.3, -0.25) is 9.78 Å². The molecule has 2 aromatic rings. The molecule has 2 N–H and O–H groups in total. The molecule has 0 aliphatic heterocycles. The number of hydrogen-bond donors (Lipinski definition) is 2. The molecule has 0 saturated heterocycles. The van der Waals surface area contributed by atoms with E-state index < -0.39 is 22.8 Å². The third kappa shape index (κ3) is 2.57. The van der Waals surface area contributed by atoms with Crippen LogP contribution in [-0.4, -0.2) is 40.2 Å². The van der Waals surface area contributed by atoms with E-state index in [-0.39, 0.29) is 18.2 Å². The van der Waals surface area contributed by atoms with Crippen molar-refractivity contribution >= 4 is 22.6 Å². The lowest BCUT2D eigenvalue weighted by molar-refractivity contribution is -0.190. The molecule has 3 rings (SSSR count). The van der Waals surface area contributed by atoms with Crippen molar-refractivity contribution in [2.24, 2.45) is 5.41 Å². The number of amides is 1. The Morgan fingerprint density at radius 3 is 2.68 bits per heavy atom. The van der Waals surface area contributed by atoms with Gasteiger partial charge in [0.1, 0.15) is 11.2 Å². The Bertz CT molecular complexity index is 828. The van der Waals surface area contributed by atoms with Crippen molar-refractivity contribution in [2.75, 3.05) is 6.61 Å². The molecule has 1 heterocycles. The first-order chi connectivity index (χ1) is 11.8. The van der Waals surface area contributed by atoms with Crippen molar-refractivity contribution < 1.29 is 19.4 Å². The summed E-state index contributed by atoms with van der Waals surface area (Å²) in [5.41, 5.74) is -1.87. The van der Waals surface area contributed by atoms with Gasteiger partial charge in [-0.1, -0.05) is 38.1 Å². The molecule has 6 heteroatoms. The van der Waals surface area contributed by atoms with E-state index in [1.807, 2.05) is 45.0 Å². The maximum Gasteiger partial charge on any atom is 0.330 e. The molecule has 2 atom stereocenters. The minimum Gasteiger partial charge on any atom is -0.479 e. The number of aromatic nitrogens is 1. The highest BCUT2D eigenvalue weighted by atomic mass is 16.5. The Morgan fingerprint density at radius 1 is 1.32 bits per heavy atom. The Balaban J connectivity index is 1.94. The molecule has 0 radical (unpaired) electrons. The maximum atomic E-state index is 12.8. The van der Waals surface area contributed by atoms with E-state index in [2.05, 4.69) is 10.3 Å². The van der Waals surface area contributed by atoms with Crippen LogP contribution in [0.1, 0.15) is 37.7 Å². The van der Waals surface area contributed by atoms with Crippen LogP contribution in [0, 0.1) is 5.41 Å². The van der Waals surface area contributed by atoms with Gasteiger partial charge in [-0.25, -0.2) is 4.79 Å². The van der Waals surface area contributed by atoms with Crippen LogP contribution < -0.4 is 5.32 Å². The van der Waals surface area contributed by atoms with Crippen molar-refractivity contribution in [1.29, 1.82) is 0 Å². The van der Waals surface area contributed by atoms with Crippen molar-refractivity contribution in [3.63, 3.8) is 0 Å². The number of nitrogens with zero attached hydrogens (tertiary/aromatic N) is 1. The number of ether oxygens (including phenoxy) is 1. The van der Waals surface area contributed by atoms with Crippen molar-refractivity contribution in [3.8, 4) is 0 Å². The average Bonchev–Trinajstić information content (AvgIpc) is 2.59. The second kappa shape index (κ2) is 6.11. The summed E-state index contributed by atoms with van der Waals surface area (Å²) >= 11 is 0. The van der Waals surface area contributed by atoms with Crippen LogP contribution in [0.2, 0.25) is 0 Å². The van der Waals surface area contributed by atoms with Gasteiger partial charge in [0.2, 0.25) is 0 Å².